The molecule has 2 rings (SSSR count). The van der Waals surface area contributed by atoms with Gasteiger partial charge in [0, 0.05) is 19.1 Å². The van der Waals surface area contributed by atoms with E-state index in [1.807, 2.05) is 13.8 Å². The molecule has 4 nitrogen and oxygen atoms in total. The van der Waals surface area contributed by atoms with E-state index in [4.69, 9.17) is 0 Å². The molecule has 0 spiro atoms. The Morgan fingerprint density at radius 1 is 1.40 bits per heavy atom. The minimum atomic E-state index is -3.02. The summed E-state index contributed by atoms with van der Waals surface area (Å²) in [5.41, 5.74) is 0. The molecule has 88 valence electrons. The van der Waals surface area contributed by atoms with Crippen molar-refractivity contribution in [3.63, 3.8) is 0 Å². The molecule has 2 aliphatic heterocycles. The summed E-state index contributed by atoms with van der Waals surface area (Å²) in [6, 6.07) is 0.230. The molecule has 15 heavy (non-hydrogen) atoms. The topological polar surface area (TPSA) is 49.4 Å². The molecule has 2 saturated heterocycles. The van der Waals surface area contributed by atoms with E-state index in [1.54, 1.807) is 4.31 Å². The predicted molar refractivity (Wildman–Crippen MR) is 60.1 cm³/mol. The maximum Gasteiger partial charge on any atom is 0.214 e. The van der Waals surface area contributed by atoms with Crippen LogP contribution in [0.5, 0.6) is 0 Å². The van der Waals surface area contributed by atoms with Crippen LogP contribution in [0.15, 0.2) is 0 Å². The van der Waals surface area contributed by atoms with Gasteiger partial charge < -0.3 is 5.32 Å². The molecule has 0 aliphatic carbocycles. The van der Waals surface area contributed by atoms with Gasteiger partial charge in [0.1, 0.15) is 0 Å². The summed E-state index contributed by atoms with van der Waals surface area (Å²) in [6.45, 7) is 6.46. The first-order valence-corrected chi connectivity index (χ1v) is 7.32. The zero-order valence-electron chi connectivity index (χ0n) is 9.44. The molecule has 0 bridgehead atoms. The Hall–Kier alpha value is -0.130. The fraction of sp³-hybridized carbons (Fsp3) is 1.00. The minimum absolute atomic E-state index is 0.211. The molecular formula is C10H20N2O2S. The van der Waals surface area contributed by atoms with Gasteiger partial charge in [-0.15, -0.1) is 0 Å². The standard InChI is InChI=1S/C10H20N2O2S/c1-8(2)7-15(13,14)12-4-3-9-5-11-6-10(9)12/h8-11H,3-7H2,1-2H3/t9-,10+/m0/s1. The van der Waals surface area contributed by atoms with Crippen LogP contribution in [0.4, 0.5) is 0 Å². The van der Waals surface area contributed by atoms with Gasteiger partial charge in [-0.3, -0.25) is 0 Å². The maximum absolute atomic E-state index is 12.1. The van der Waals surface area contributed by atoms with Crippen LogP contribution in [0.25, 0.3) is 0 Å². The van der Waals surface area contributed by atoms with Crippen LogP contribution >= 0.6 is 0 Å². The first-order valence-electron chi connectivity index (χ1n) is 5.71. The van der Waals surface area contributed by atoms with Crippen molar-refractivity contribution in [3.05, 3.63) is 0 Å². The molecule has 0 aromatic rings. The average Bonchev–Trinajstić information content (AvgIpc) is 2.57. The second-order valence-corrected chi connectivity index (χ2v) is 7.02. The number of sulfonamides is 1. The monoisotopic (exact) mass is 232 g/mol. The molecule has 2 aliphatic rings. The van der Waals surface area contributed by atoms with Crippen LogP contribution in [0.2, 0.25) is 0 Å². The van der Waals surface area contributed by atoms with Gasteiger partial charge >= 0.3 is 0 Å². The zero-order chi connectivity index (χ0) is 11.1. The molecule has 0 aromatic heterocycles. The van der Waals surface area contributed by atoms with Gasteiger partial charge in [0.05, 0.1) is 5.75 Å². The second kappa shape index (κ2) is 4.03. The number of hydrogen-bond acceptors (Lipinski definition) is 3. The van der Waals surface area contributed by atoms with Crippen molar-refractivity contribution in [3.8, 4) is 0 Å². The molecule has 2 heterocycles. The highest BCUT2D eigenvalue weighted by Gasteiger charge is 2.43. The van der Waals surface area contributed by atoms with Crippen molar-refractivity contribution >= 4 is 10.0 Å². The number of fused-ring (bicyclic) bond motifs is 1. The molecule has 5 heteroatoms. The summed E-state index contributed by atoms with van der Waals surface area (Å²) < 4.78 is 25.9. The first-order chi connectivity index (χ1) is 7.00. The van der Waals surface area contributed by atoms with E-state index in [9.17, 15) is 8.42 Å². The van der Waals surface area contributed by atoms with Crippen LogP contribution < -0.4 is 5.32 Å². The van der Waals surface area contributed by atoms with Crippen molar-refractivity contribution in [1.29, 1.82) is 0 Å². The van der Waals surface area contributed by atoms with Crippen LogP contribution in [0, 0.1) is 11.8 Å². The summed E-state index contributed by atoms with van der Waals surface area (Å²) >= 11 is 0. The maximum atomic E-state index is 12.1. The molecule has 0 aromatic carbocycles. The number of rotatable bonds is 3. The average molecular weight is 232 g/mol. The highest BCUT2D eigenvalue weighted by atomic mass is 32.2. The molecule has 0 radical (unpaired) electrons. The Balaban J connectivity index is 2.10. The number of hydrogen-bond donors (Lipinski definition) is 1. The molecular weight excluding hydrogens is 212 g/mol. The van der Waals surface area contributed by atoms with Crippen molar-refractivity contribution in [2.24, 2.45) is 11.8 Å². The smallest absolute Gasteiger partial charge is 0.214 e. The summed E-state index contributed by atoms with van der Waals surface area (Å²) in [4.78, 5) is 0. The van der Waals surface area contributed by atoms with Gasteiger partial charge in [0.25, 0.3) is 0 Å². The first kappa shape index (κ1) is 11.4. The summed E-state index contributed by atoms with van der Waals surface area (Å²) in [6.07, 6.45) is 1.02. The molecule has 0 saturated carbocycles. The van der Waals surface area contributed by atoms with E-state index >= 15 is 0 Å². The lowest BCUT2D eigenvalue weighted by Crippen LogP contribution is -2.41. The lowest BCUT2D eigenvalue weighted by atomic mass is 10.1. The minimum Gasteiger partial charge on any atom is -0.315 e. The van der Waals surface area contributed by atoms with Crippen LogP contribution in [0.1, 0.15) is 20.3 Å². The molecule has 2 atom stereocenters. The van der Waals surface area contributed by atoms with Gasteiger partial charge in [-0.1, -0.05) is 13.8 Å². The van der Waals surface area contributed by atoms with E-state index in [0.29, 0.717) is 5.92 Å². The van der Waals surface area contributed by atoms with E-state index in [2.05, 4.69) is 5.32 Å². The predicted octanol–water partition coefficient (Wildman–Crippen LogP) is 0.266. The summed E-state index contributed by atoms with van der Waals surface area (Å²) in [7, 11) is -3.02. The lowest BCUT2D eigenvalue weighted by Gasteiger charge is -2.23. The Labute approximate surface area is 92.1 Å². The fourth-order valence-electron chi connectivity index (χ4n) is 2.67. The Kier molecular flexibility index (Phi) is 3.05. The van der Waals surface area contributed by atoms with Crippen LogP contribution in [0.3, 0.4) is 0 Å². The third-order valence-corrected chi connectivity index (χ3v) is 5.55. The van der Waals surface area contributed by atoms with E-state index in [0.717, 1.165) is 26.1 Å². The Morgan fingerprint density at radius 3 is 2.80 bits per heavy atom. The van der Waals surface area contributed by atoms with Gasteiger partial charge in [-0.05, 0) is 24.8 Å². The van der Waals surface area contributed by atoms with Crippen molar-refractivity contribution in [1.82, 2.24) is 9.62 Å². The summed E-state index contributed by atoms with van der Waals surface area (Å²) in [5.74, 6) is 1.05. The quantitative estimate of drug-likeness (QED) is 0.759. The van der Waals surface area contributed by atoms with Crippen LogP contribution in [-0.2, 0) is 10.0 Å². The largest absolute Gasteiger partial charge is 0.315 e. The molecule has 2 fully saturated rings. The van der Waals surface area contributed by atoms with Crippen molar-refractivity contribution < 1.29 is 8.42 Å². The molecule has 0 amide bonds. The molecule has 1 N–H and O–H groups in total. The van der Waals surface area contributed by atoms with E-state index in [1.165, 1.54) is 0 Å². The van der Waals surface area contributed by atoms with E-state index < -0.39 is 10.0 Å². The zero-order valence-corrected chi connectivity index (χ0v) is 10.3. The molecule has 0 unspecified atom stereocenters. The second-order valence-electron chi connectivity index (χ2n) is 5.06. The van der Waals surface area contributed by atoms with Gasteiger partial charge in [0.2, 0.25) is 10.0 Å². The van der Waals surface area contributed by atoms with E-state index in [-0.39, 0.29) is 17.7 Å². The fourth-order valence-corrected chi connectivity index (χ4v) is 4.75. The number of nitrogens with zero attached hydrogens (tertiary/aromatic N) is 1. The Bertz CT molecular complexity index is 326. The highest BCUT2D eigenvalue weighted by Crippen LogP contribution is 2.30. The van der Waals surface area contributed by atoms with Gasteiger partial charge in [-0.25, -0.2) is 8.42 Å². The third kappa shape index (κ3) is 2.19. The lowest BCUT2D eigenvalue weighted by molar-refractivity contribution is 0.380. The Morgan fingerprint density at radius 2 is 2.13 bits per heavy atom. The number of nitrogens with one attached hydrogen (secondary N) is 1. The van der Waals surface area contributed by atoms with Gasteiger partial charge in [0.15, 0.2) is 0 Å². The highest BCUT2D eigenvalue weighted by molar-refractivity contribution is 7.89. The SMILES string of the molecule is CC(C)CS(=O)(=O)N1CC[C@H]2CNC[C@H]21. The summed E-state index contributed by atoms with van der Waals surface area (Å²) in [5, 5.41) is 3.27. The third-order valence-electron chi connectivity index (χ3n) is 3.30. The van der Waals surface area contributed by atoms with Crippen molar-refractivity contribution in [2.45, 2.75) is 26.3 Å². The van der Waals surface area contributed by atoms with Gasteiger partial charge in [-0.2, -0.15) is 4.31 Å². The van der Waals surface area contributed by atoms with Crippen LogP contribution in [-0.4, -0.2) is 44.2 Å². The normalized spacial score (nSPS) is 32.5. The van der Waals surface area contributed by atoms with Crippen molar-refractivity contribution in [2.75, 3.05) is 25.4 Å².